The summed E-state index contributed by atoms with van der Waals surface area (Å²) in [5, 5.41) is 9.52. The minimum absolute atomic E-state index is 0.0978. The van der Waals surface area contributed by atoms with Crippen LogP contribution in [0.2, 0.25) is 0 Å². The first-order chi connectivity index (χ1) is 14.9. The number of rotatable bonds is 5. The molecule has 1 N–H and O–H groups in total. The van der Waals surface area contributed by atoms with Crippen LogP contribution in [0.1, 0.15) is 30.9 Å². The molecule has 0 bridgehead atoms. The molecule has 1 amide bonds. The number of halogens is 6. The van der Waals surface area contributed by atoms with E-state index in [1.54, 1.807) is 0 Å². The van der Waals surface area contributed by atoms with Crippen LogP contribution in [0, 0.1) is 0 Å². The second-order valence-electron chi connectivity index (χ2n) is 7.53. The van der Waals surface area contributed by atoms with Gasteiger partial charge in [0.15, 0.2) is 0 Å². The highest BCUT2D eigenvalue weighted by molar-refractivity contribution is 8.00. The summed E-state index contributed by atoms with van der Waals surface area (Å²) in [5.41, 5.74) is -5.14. The van der Waals surface area contributed by atoms with Gasteiger partial charge in [-0.2, -0.15) is 26.3 Å². The number of carbonyl (C=O) groups excluding carboxylic acids is 1. The molecular weight excluding hydrogens is 456 g/mol. The number of aryl methyl sites for hydroxylation is 1. The van der Waals surface area contributed by atoms with Gasteiger partial charge in [0.05, 0.1) is 5.69 Å². The van der Waals surface area contributed by atoms with Gasteiger partial charge in [-0.3, -0.25) is 4.79 Å². The summed E-state index contributed by atoms with van der Waals surface area (Å²) in [6.45, 7) is 2.12. The molecule has 3 rings (SSSR count). The summed E-state index contributed by atoms with van der Waals surface area (Å²) in [7, 11) is 0. The van der Waals surface area contributed by atoms with Crippen LogP contribution in [-0.2, 0) is 16.8 Å². The van der Waals surface area contributed by atoms with E-state index < -0.39 is 23.5 Å². The van der Waals surface area contributed by atoms with E-state index >= 15 is 0 Å². The molecule has 0 saturated carbocycles. The summed E-state index contributed by atoms with van der Waals surface area (Å²) < 4.78 is 79.7. The average molecular weight is 477 g/mol. The van der Waals surface area contributed by atoms with Crippen molar-refractivity contribution in [2.24, 2.45) is 0 Å². The molecule has 1 atom stereocenters. The predicted molar refractivity (Wildman–Crippen MR) is 110 cm³/mol. The topological polar surface area (TPSA) is 40.5 Å². The van der Waals surface area contributed by atoms with Gasteiger partial charge >= 0.3 is 12.4 Å². The molecule has 0 fully saturated rings. The van der Waals surface area contributed by atoms with E-state index in [-0.39, 0.29) is 28.2 Å². The standard InChI is InChI=1S/C22H21F6NO2S/c1-2-16-13-29(19(30)11-8-14-6-4-3-5-7-14)17-10-9-15(12-18(17)32-16)20(31,21(23,24)25)22(26,27)28/h3-7,9-10,12,16,31H,2,8,11,13H2,1H3. The zero-order valence-corrected chi connectivity index (χ0v) is 17.8. The number of aliphatic hydroxyl groups is 1. The van der Waals surface area contributed by atoms with Crippen molar-refractivity contribution < 1.29 is 36.2 Å². The van der Waals surface area contributed by atoms with E-state index in [9.17, 15) is 36.2 Å². The molecule has 0 aromatic heterocycles. The Kier molecular flexibility index (Phi) is 6.86. The molecule has 1 aliphatic heterocycles. The second-order valence-corrected chi connectivity index (χ2v) is 8.87. The van der Waals surface area contributed by atoms with Gasteiger partial charge in [0.2, 0.25) is 5.91 Å². The fourth-order valence-corrected chi connectivity index (χ4v) is 4.79. The van der Waals surface area contributed by atoms with Gasteiger partial charge in [-0.05, 0) is 30.5 Å². The lowest BCUT2D eigenvalue weighted by Gasteiger charge is -2.36. The van der Waals surface area contributed by atoms with Crippen LogP contribution in [0.5, 0.6) is 0 Å². The lowest BCUT2D eigenvalue weighted by Crippen LogP contribution is -2.54. The molecule has 0 radical (unpaired) electrons. The number of anilines is 1. The third kappa shape index (κ3) is 4.61. The van der Waals surface area contributed by atoms with Crippen molar-refractivity contribution in [2.75, 3.05) is 11.4 Å². The lowest BCUT2D eigenvalue weighted by atomic mass is 9.92. The molecule has 10 heteroatoms. The molecule has 2 aromatic carbocycles. The van der Waals surface area contributed by atoms with Crippen molar-refractivity contribution in [3.05, 3.63) is 59.7 Å². The molecule has 3 nitrogen and oxygen atoms in total. The van der Waals surface area contributed by atoms with Crippen molar-refractivity contribution in [1.29, 1.82) is 0 Å². The van der Waals surface area contributed by atoms with Gasteiger partial charge in [0, 0.05) is 28.7 Å². The van der Waals surface area contributed by atoms with Crippen molar-refractivity contribution >= 4 is 23.4 Å². The molecule has 32 heavy (non-hydrogen) atoms. The number of alkyl halides is 6. The fraction of sp³-hybridized carbons (Fsp3) is 0.409. The average Bonchev–Trinajstić information content (AvgIpc) is 2.74. The quantitative estimate of drug-likeness (QED) is 0.550. The van der Waals surface area contributed by atoms with E-state index in [1.807, 2.05) is 37.3 Å². The maximum Gasteiger partial charge on any atom is 0.430 e. The summed E-state index contributed by atoms with van der Waals surface area (Å²) in [6.07, 6.45) is -10.8. The number of carbonyl (C=O) groups is 1. The van der Waals surface area contributed by atoms with Crippen LogP contribution in [0.3, 0.4) is 0 Å². The first kappa shape index (κ1) is 24.4. The summed E-state index contributed by atoms with van der Waals surface area (Å²) in [6, 6.07) is 11.6. The van der Waals surface area contributed by atoms with E-state index in [0.717, 1.165) is 23.4 Å². The van der Waals surface area contributed by atoms with Gasteiger partial charge in [0.25, 0.3) is 5.60 Å². The van der Waals surface area contributed by atoms with Gasteiger partial charge in [-0.15, -0.1) is 11.8 Å². The highest BCUT2D eigenvalue weighted by Gasteiger charge is 2.71. The lowest BCUT2D eigenvalue weighted by molar-refractivity contribution is -0.376. The van der Waals surface area contributed by atoms with Crippen LogP contribution < -0.4 is 4.90 Å². The maximum absolute atomic E-state index is 13.3. The van der Waals surface area contributed by atoms with Crippen LogP contribution >= 0.6 is 11.8 Å². The Hall–Kier alpha value is -2.20. The maximum atomic E-state index is 13.3. The number of nitrogens with zero attached hydrogens (tertiary/aromatic N) is 1. The van der Waals surface area contributed by atoms with E-state index in [2.05, 4.69) is 0 Å². The molecule has 0 aliphatic carbocycles. The SMILES string of the molecule is CCC1CN(C(=O)CCc2ccccc2)c2ccc(C(O)(C(F)(F)F)C(F)(F)F)cc2S1. The summed E-state index contributed by atoms with van der Waals surface area (Å²) in [4.78, 5) is 14.4. The fourth-order valence-electron chi connectivity index (χ4n) is 3.54. The molecule has 0 spiro atoms. The Morgan fingerprint density at radius 2 is 1.69 bits per heavy atom. The van der Waals surface area contributed by atoms with Gasteiger partial charge in [-0.25, -0.2) is 0 Å². The number of benzene rings is 2. The third-order valence-electron chi connectivity index (χ3n) is 5.40. The minimum Gasteiger partial charge on any atom is -0.369 e. The molecule has 2 aromatic rings. The number of hydrogen-bond acceptors (Lipinski definition) is 3. The Balaban J connectivity index is 1.95. The van der Waals surface area contributed by atoms with Crippen molar-refractivity contribution in [3.63, 3.8) is 0 Å². The number of fused-ring (bicyclic) bond motifs is 1. The van der Waals surface area contributed by atoms with Crippen LogP contribution in [0.15, 0.2) is 53.4 Å². The number of hydrogen-bond donors (Lipinski definition) is 1. The Morgan fingerprint density at radius 1 is 1.06 bits per heavy atom. The highest BCUT2D eigenvalue weighted by atomic mass is 32.2. The summed E-state index contributed by atoms with van der Waals surface area (Å²) in [5.74, 6) is -0.275. The number of amides is 1. The Morgan fingerprint density at radius 3 is 2.25 bits per heavy atom. The van der Waals surface area contributed by atoms with E-state index in [4.69, 9.17) is 0 Å². The molecule has 0 saturated heterocycles. The third-order valence-corrected chi connectivity index (χ3v) is 6.79. The summed E-state index contributed by atoms with van der Waals surface area (Å²) >= 11 is 1.10. The zero-order valence-electron chi connectivity index (χ0n) is 17.0. The Bertz CT molecular complexity index is 947. The molecular formula is C22H21F6NO2S. The largest absolute Gasteiger partial charge is 0.430 e. The smallest absolute Gasteiger partial charge is 0.369 e. The molecule has 174 valence electrons. The Labute approximate surface area is 185 Å². The van der Waals surface area contributed by atoms with Gasteiger partial charge in [-0.1, -0.05) is 43.3 Å². The van der Waals surface area contributed by atoms with Crippen molar-refractivity contribution in [3.8, 4) is 0 Å². The van der Waals surface area contributed by atoms with Crippen molar-refractivity contribution in [2.45, 2.75) is 54.3 Å². The van der Waals surface area contributed by atoms with E-state index in [0.29, 0.717) is 31.5 Å². The normalized spacial score (nSPS) is 17.2. The molecule has 1 unspecified atom stereocenters. The first-order valence-electron chi connectivity index (χ1n) is 9.89. The number of thioether (sulfide) groups is 1. The van der Waals surface area contributed by atoms with Crippen LogP contribution in [-0.4, -0.2) is 35.2 Å². The predicted octanol–water partition coefficient (Wildman–Crippen LogP) is 5.85. The molecule has 1 aliphatic rings. The van der Waals surface area contributed by atoms with Crippen LogP contribution in [0.25, 0.3) is 0 Å². The van der Waals surface area contributed by atoms with Crippen LogP contribution in [0.4, 0.5) is 32.0 Å². The first-order valence-corrected chi connectivity index (χ1v) is 10.8. The second kappa shape index (κ2) is 8.97. The van der Waals surface area contributed by atoms with Crippen molar-refractivity contribution in [1.82, 2.24) is 0 Å². The molecule has 1 heterocycles. The highest BCUT2D eigenvalue weighted by Crippen LogP contribution is 2.52. The van der Waals surface area contributed by atoms with Gasteiger partial charge < -0.3 is 10.0 Å². The van der Waals surface area contributed by atoms with Gasteiger partial charge in [0.1, 0.15) is 0 Å². The monoisotopic (exact) mass is 477 g/mol. The van der Waals surface area contributed by atoms with E-state index in [1.165, 1.54) is 4.90 Å². The minimum atomic E-state index is -5.96. The zero-order chi connectivity index (χ0) is 23.7.